The van der Waals surface area contributed by atoms with Gasteiger partial charge >= 0.3 is 0 Å². The predicted molar refractivity (Wildman–Crippen MR) is 128 cm³/mol. The highest BCUT2D eigenvalue weighted by Crippen LogP contribution is 2.22. The Morgan fingerprint density at radius 3 is 2.29 bits per heavy atom. The van der Waals surface area contributed by atoms with Gasteiger partial charge in [0.25, 0.3) is 17.4 Å². The Bertz CT molecular complexity index is 1640. The summed E-state index contributed by atoms with van der Waals surface area (Å²) in [6.07, 6.45) is 0. The van der Waals surface area contributed by atoms with Crippen molar-refractivity contribution in [1.29, 1.82) is 0 Å². The summed E-state index contributed by atoms with van der Waals surface area (Å²) in [5.41, 5.74) is 7.36. The molecule has 2 aromatic heterocycles. The molecule has 0 saturated carbocycles. The lowest BCUT2D eigenvalue weighted by Gasteiger charge is -2.10. The highest BCUT2D eigenvalue weighted by molar-refractivity contribution is 6.06. The standard InChI is InChI=1S/C25H20N6O3/c1-15-26-20-14-16(12-13-21(20)31(15)17-8-4-3-5-9-17)23(32)27-28-24(33)22-18-10-6-7-11-19(18)25(34)30(2)29-22/h3-14H,1-2H3,(H,27,32)(H,28,33). The average Bonchev–Trinajstić information content (AvgIpc) is 3.19. The van der Waals surface area contributed by atoms with Gasteiger partial charge in [0.2, 0.25) is 0 Å². The summed E-state index contributed by atoms with van der Waals surface area (Å²) in [7, 11) is 1.47. The molecule has 0 atom stereocenters. The van der Waals surface area contributed by atoms with Gasteiger partial charge in [-0.05, 0) is 43.3 Å². The molecule has 34 heavy (non-hydrogen) atoms. The first-order chi connectivity index (χ1) is 16.4. The Kier molecular flexibility index (Phi) is 5.14. The molecule has 2 heterocycles. The largest absolute Gasteiger partial charge is 0.297 e. The van der Waals surface area contributed by atoms with E-state index in [1.54, 1.807) is 36.4 Å². The topological polar surface area (TPSA) is 111 Å². The molecule has 3 aromatic carbocycles. The van der Waals surface area contributed by atoms with Gasteiger partial charge in [-0.3, -0.25) is 29.8 Å². The van der Waals surface area contributed by atoms with Crippen LogP contribution in [-0.2, 0) is 7.05 Å². The number of imidazole rings is 1. The lowest BCUT2D eigenvalue weighted by molar-refractivity contribution is 0.0844. The van der Waals surface area contributed by atoms with Crippen molar-refractivity contribution in [2.45, 2.75) is 6.92 Å². The molecular weight excluding hydrogens is 432 g/mol. The fourth-order valence-corrected chi connectivity index (χ4v) is 3.96. The fourth-order valence-electron chi connectivity index (χ4n) is 3.96. The molecule has 0 aliphatic carbocycles. The number of carbonyl (C=O) groups is 2. The third-order valence-corrected chi connectivity index (χ3v) is 5.56. The van der Waals surface area contributed by atoms with Crippen LogP contribution in [0.25, 0.3) is 27.5 Å². The Hall–Kier alpha value is -4.79. The van der Waals surface area contributed by atoms with Crippen LogP contribution in [0.2, 0.25) is 0 Å². The number of nitrogens with zero attached hydrogens (tertiary/aromatic N) is 4. The minimum absolute atomic E-state index is 0.0330. The van der Waals surface area contributed by atoms with E-state index in [0.717, 1.165) is 21.7 Å². The van der Waals surface area contributed by atoms with Crippen molar-refractivity contribution in [3.63, 3.8) is 0 Å². The molecule has 5 aromatic rings. The van der Waals surface area contributed by atoms with Gasteiger partial charge in [0.05, 0.1) is 16.4 Å². The average molecular weight is 452 g/mol. The minimum Gasteiger partial charge on any atom is -0.297 e. The third-order valence-electron chi connectivity index (χ3n) is 5.56. The van der Waals surface area contributed by atoms with Crippen LogP contribution in [0, 0.1) is 6.92 Å². The predicted octanol–water partition coefficient (Wildman–Crippen LogP) is 2.66. The van der Waals surface area contributed by atoms with Crippen LogP contribution in [0.4, 0.5) is 0 Å². The number of para-hydroxylation sites is 1. The lowest BCUT2D eigenvalue weighted by atomic mass is 10.1. The van der Waals surface area contributed by atoms with Crippen LogP contribution in [0.5, 0.6) is 0 Å². The summed E-state index contributed by atoms with van der Waals surface area (Å²) in [6.45, 7) is 1.90. The molecule has 0 saturated heterocycles. The number of hydrazine groups is 1. The first-order valence-electron chi connectivity index (χ1n) is 10.6. The first kappa shape index (κ1) is 21.1. The van der Waals surface area contributed by atoms with Crippen molar-refractivity contribution in [3.8, 4) is 5.69 Å². The molecule has 0 spiro atoms. The second-order valence-electron chi connectivity index (χ2n) is 7.76. The maximum absolute atomic E-state index is 12.8. The molecule has 168 valence electrons. The second-order valence-corrected chi connectivity index (χ2v) is 7.76. The molecule has 2 N–H and O–H groups in total. The summed E-state index contributed by atoms with van der Waals surface area (Å²) in [5, 5.41) is 4.83. The van der Waals surface area contributed by atoms with Gasteiger partial charge in [0, 0.05) is 23.7 Å². The van der Waals surface area contributed by atoms with Gasteiger partial charge in [-0.1, -0.05) is 36.4 Å². The number of hydrogen-bond acceptors (Lipinski definition) is 5. The number of aryl methyl sites for hydroxylation is 2. The maximum Gasteiger partial charge on any atom is 0.290 e. The monoisotopic (exact) mass is 452 g/mol. The number of carbonyl (C=O) groups excluding carboxylic acids is 2. The Morgan fingerprint density at radius 1 is 0.853 bits per heavy atom. The van der Waals surface area contributed by atoms with E-state index in [-0.39, 0.29) is 11.3 Å². The van der Waals surface area contributed by atoms with Crippen LogP contribution in [-0.4, -0.2) is 31.1 Å². The Labute approximate surface area is 193 Å². The SMILES string of the molecule is Cc1nc2cc(C(=O)NNC(=O)c3nn(C)c(=O)c4ccccc34)ccc2n1-c1ccccc1. The van der Waals surface area contributed by atoms with Gasteiger partial charge in [0.15, 0.2) is 5.69 Å². The second kappa shape index (κ2) is 8.28. The van der Waals surface area contributed by atoms with Gasteiger partial charge in [-0.25, -0.2) is 9.67 Å². The van der Waals surface area contributed by atoms with Crippen molar-refractivity contribution in [1.82, 2.24) is 30.2 Å². The number of rotatable bonds is 3. The third kappa shape index (κ3) is 3.58. The van der Waals surface area contributed by atoms with E-state index in [9.17, 15) is 14.4 Å². The van der Waals surface area contributed by atoms with E-state index in [0.29, 0.717) is 21.9 Å². The van der Waals surface area contributed by atoms with Gasteiger partial charge < -0.3 is 0 Å². The van der Waals surface area contributed by atoms with Gasteiger partial charge in [-0.15, -0.1) is 0 Å². The number of benzene rings is 3. The lowest BCUT2D eigenvalue weighted by Crippen LogP contribution is -2.42. The zero-order chi connectivity index (χ0) is 23.8. The normalized spacial score (nSPS) is 11.0. The minimum atomic E-state index is -0.634. The van der Waals surface area contributed by atoms with Gasteiger partial charge in [-0.2, -0.15) is 5.10 Å². The molecule has 0 fully saturated rings. The zero-order valence-electron chi connectivity index (χ0n) is 18.4. The fraction of sp³-hybridized carbons (Fsp3) is 0.0800. The molecule has 0 unspecified atom stereocenters. The smallest absolute Gasteiger partial charge is 0.290 e. The van der Waals surface area contributed by atoms with Gasteiger partial charge in [0.1, 0.15) is 5.82 Å². The molecule has 2 amide bonds. The van der Waals surface area contributed by atoms with Crippen molar-refractivity contribution in [2.75, 3.05) is 0 Å². The van der Waals surface area contributed by atoms with Crippen molar-refractivity contribution >= 4 is 33.6 Å². The molecule has 0 radical (unpaired) electrons. The quantitative estimate of drug-likeness (QED) is 0.409. The van der Waals surface area contributed by atoms with Crippen LogP contribution in [0.15, 0.2) is 77.6 Å². The Balaban J connectivity index is 1.39. The van der Waals surface area contributed by atoms with Crippen LogP contribution < -0.4 is 16.4 Å². The zero-order valence-corrected chi connectivity index (χ0v) is 18.4. The molecule has 0 aliphatic heterocycles. The molecule has 5 rings (SSSR count). The van der Waals surface area contributed by atoms with Crippen molar-refractivity contribution in [2.24, 2.45) is 7.05 Å². The molecule has 0 bridgehead atoms. The van der Waals surface area contributed by atoms with Crippen molar-refractivity contribution in [3.05, 3.63) is 100 Å². The maximum atomic E-state index is 12.8. The summed E-state index contributed by atoms with van der Waals surface area (Å²) in [6, 6.07) is 21.7. The molecular formula is C25H20N6O3. The van der Waals surface area contributed by atoms with Crippen LogP contribution in [0.1, 0.15) is 26.7 Å². The number of aromatic nitrogens is 4. The highest BCUT2D eigenvalue weighted by atomic mass is 16.2. The molecule has 9 heteroatoms. The molecule has 0 aliphatic rings. The summed E-state index contributed by atoms with van der Waals surface area (Å²) < 4.78 is 3.10. The number of fused-ring (bicyclic) bond motifs is 2. The van der Waals surface area contributed by atoms with E-state index in [1.165, 1.54) is 7.05 Å². The van der Waals surface area contributed by atoms with E-state index in [2.05, 4.69) is 20.9 Å². The van der Waals surface area contributed by atoms with E-state index < -0.39 is 11.8 Å². The summed E-state index contributed by atoms with van der Waals surface area (Å²) in [4.78, 5) is 42.3. The highest BCUT2D eigenvalue weighted by Gasteiger charge is 2.17. The summed E-state index contributed by atoms with van der Waals surface area (Å²) >= 11 is 0. The molecule has 9 nitrogen and oxygen atoms in total. The Morgan fingerprint density at radius 2 is 1.53 bits per heavy atom. The first-order valence-corrected chi connectivity index (χ1v) is 10.6. The summed E-state index contributed by atoms with van der Waals surface area (Å²) in [5.74, 6) is -0.346. The van der Waals surface area contributed by atoms with E-state index >= 15 is 0 Å². The number of hydrogen-bond donors (Lipinski definition) is 2. The van der Waals surface area contributed by atoms with E-state index in [1.807, 2.05) is 47.9 Å². The van der Waals surface area contributed by atoms with Crippen LogP contribution >= 0.6 is 0 Å². The van der Waals surface area contributed by atoms with E-state index in [4.69, 9.17) is 0 Å². The number of nitrogens with one attached hydrogen (secondary N) is 2. The number of amides is 2. The van der Waals surface area contributed by atoms with Crippen LogP contribution in [0.3, 0.4) is 0 Å². The van der Waals surface area contributed by atoms with Crippen molar-refractivity contribution < 1.29 is 9.59 Å².